The van der Waals surface area contributed by atoms with Crippen molar-refractivity contribution in [1.29, 1.82) is 0 Å². The number of anilines is 1. The number of sulfonamides is 1. The molecule has 3 rings (SSSR count). The highest BCUT2D eigenvalue weighted by atomic mass is 32.2. The molecule has 0 radical (unpaired) electrons. The topological polar surface area (TPSA) is 105 Å². The Morgan fingerprint density at radius 3 is 1.85 bits per heavy atom. The molecule has 9 nitrogen and oxygen atoms in total. The lowest BCUT2D eigenvalue weighted by Gasteiger charge is -2.32. The van der Waals surface area contributed by atoms with E-state index in [1.807, 2.05) is 20.8 Å². The maximum Gasteiger partial charge on any atom is 0.264 e. The van der Waals surface area contributed by atoms with Crippen LogP contribution in [-0.4, -0.2) is 58.0 Å². The Hall–Kier alpha value is -4.05. The molecular formula is C30H37N3O6S. The Labute approximate surface area is 236 Å². The van der Waals surface area contributed by atoms with Gasteiger partial charge in [0, 0.05) is 12.6 Å². The molecule has 3 aromatic carbocycles. The van der Waals surface area contributed by atoms with Gasteiger partial charge in [-0.05, 0) is 81.8 Å². The second-order valence-electron chi connectivity index (χ2n) is 9.73. The summed E-state index contributed by atoms with van der Waals surface area (Å²) in [5, 5.41) is 2.84. The first-order valence-corrected chi connectivity index (χ1v) is 14.4. The van der Waals surface area contributed by atoms with Crippen LogP contribution in [0.15, 0.2) is 77.7 Å². The smallest absolute Gasteiger partial charge is 0.264 e. The fraction of sp³-hybridized carbons (Fsp3) is 0.333. The summed E-state index contributed by atoms with van der Waals surface area (Å²) in [6.07, 6.45) is 0. The molecule has 0 bridgehead atoms. The van der Waals surface area contributed by atoms with Crippen LogP contribution < -0.4 is 19.1 Å². The number of amides is 2. The Kier molecular flexibility index (Phi) is 10.2. The van der Waals surface area contributed by atoms with Gasteiger partial charge in [0.15, 0.2) is 0 Å². The summed E-state index contributed by atoms with van der Waals surface area (Å²) in [7, 11) is -1.10. The number of nitrogens with zero attached hydrogens (tertiary/aromatic N) is 2. The standard InChI is InChI=1S/C30H37N3O6S/c1-21(2)31-30(35)23(4)32(19-24-9-13-26(38-5)14-10-24)29(34)20-33(25-11-7-22(3)8-12-25)40(36,37)28-17-15-27(39-6)16-18-28/h7-18,21,23H,19-20H2,1-6H3,(H,31,35)/t23-/m0/s1. The first-order chi connectivity index (χ1) is 19.0. The molecule has 0 unspecified atom stereocenters. The van der Waals surface area contributed by atoms with Crippen LogP contribution in [0, 0.1) is 6.92 Å². The predicted molar refractivity (Wildman–Crippen MR) is 155 cm³/mol. The lowest BCUT2D eigenvalue weighted by atomic mass is 10.1. The Bertz CT molecular complexity index is 1390. The zero-order valence-electron chi connectivity index (χ0n) is 23.7. The molecule has 0 saturated carbocycles. The molecule has 0 aliphatic rings. The minimum absolute atomic E-state index is 0.00831. The fourth-order valence-electron chi connectivity index (χ4n) is 4.03. The second-order valence-corrected chi connectivity index (χ2v) is 11.6. The van der Waals surface area contributed by atoms with Crippen molar-refractivity contribution in [3.8, 4) is 11.5 Å². The zero-order valence-corrected chi connectivity index (χ0v) is 24.6. The van der Waals surface area contributed by atoms with Crippen molar-refractivity contribution in [1.82, 2.24) is 10.2 Å². The van der Waals surface area contributed by atoms with Gasteiger partial charge in [-0.1, -0.05) is 29.8 Å². The zero-order chi connectivity index (χ0) is 29.4. The maximum absolute atomic E-state index is 13.9. The average molecular weight is 568 g/mol. The van der Waals surface area contributed by atoms with E-state index in [0.717, 1.165) is 15.4 Å². The maximum atomic E-state index is 13.9. The molecule has 1 N–H and O–H groups in total. The number of nitrogens with one attached hydrogen (secondary N) is 1. The van der Waals surface area contributed by atoms with Gasteiger partial charge < -0.3 is 19.7 Å². The van der Waals surface area contributed by atoms with Gasteiger partial charge in [-0.2, -0.15) is 0 Å². The van der Waals surface area contributed by atoms with Crippen molar-refractivity contribution in [2.75, 3.05) is 25.1 Å². The van der Waals surface area contributed by atoms with E-state index >= 15 is 0 Å². The van der Waals surface area contributed by atoms with Crippen LogP contribution in [0.2, 0.25) is 0 Å². The highest BCUT2D eigenvalue weighted by molar-refractivity contribution is 7.92. The van der Waals surface area contributed by atoms with Crippen LogP contribution in [-0.2, 0) is 26.2 Å². The van der Waals surface area contributed by atoms with Gasteiger partial charge in [-0.25, -0.2) is 8.42 Å². The third kappa shape index (κ3) is 7.53. The van der Waals surface area contributed by atoms with Crippen molar-refractivity contribution >= 4 is 27.5 Å². The van der Waals surface area contributed by atoms with Crippen LogP contribution in [0.5, 0.6) is 11.5 Å². The van der Waals surface area contributed by atoms with Crippen LogP contribution >= 0.6 is 0 Å². The molecule has 1 atom stereocenters. The van der Waals surface area contributed by atoms with E-state index in [9.17, 15) is 18.0 Å². The first-order valence-electron chi connectivity index (χ1n) is 12.9. The van der Waals surface area contributed by atoms with E-state index in [0.29, 0.717) is 17.2 Å². The quantitative estimate of drug-likeness (QED) is 0.353. The molecule has 10 heteroatoms. The average Bonchev–Trinajstić information content (AvgIpc) is 2.94. The molecule has 3 aromatic rings. The summed E-state index contributed by atoms with van der Waals surface area (Å²) in [5.74, 6) is 0.299. The number of hydrogen-bond acceptors (Lipinski definition) is 6. The van der Waals surface area contributed by atoms with E-state index < -0.39 is 28.5 Å². The van der Waals surface area contributed by atoms with Gasteiger partial charge in [-0.3, -0.25) is 13.9 Å². The number of benzene rings is 3. The number of hydrogen-bond donors (Lipinski definition) is 1. The molecule has 0 fully saturated rings. The summed E-state index contributed by atoms with van der Waals surface area (Å²) in [4.78, 5) is 28.3. The highest BCUT2D eigenvalue weighted by Crippen LogP contribution is 2.26. The normalized spacial score (nSPS) is 12.0. The van der Waals surface area contributed by atoms with Gasteiger partial charge in [-0.15, -0.1) is 0 Å². The third-order valence-corrected chi connectivity index (χ3v) is 8.15. The number of methoxy groups -OCH3 is 2. The van der Waals surface area contributed by atoms with Crippen LogP contribution in [0.1, 0.15) is 31.9 Å². The van der Waals surface area contributed by atoms with Crippen molar-refractivity contribution in [3.63, 3.8) is 0 Å². The van der Waals surface area contributed by atoms with Crippen molar-refractivity contribution in [2.24, 2.45) is 0 Å². The minimum Gasteiger partial charge on any atom is -0.497 e. The third-order valence-electron chi connectivity index (χ3n) is 6.36. The second kappa shape index (κ2) is 13.3. The van der Waals surface area contributed by atoms with E-state index in [4.69, 9.17) is 9.47 Å². The first kappa shape index (κ1) is 30.5. The number of carbonyl (C=O) groups excluding carboxylic acids is 2. The Morgan fingerprint density at radius 1 is 0.825 bits per heavy atom. The molecule has 0 saturated heterocycles. The number of carbonyl (C=O) groups is 2. The van der Waals surface area contributed by atoms with Gasteiger partial charge in [0.05, 0.1) is 24.8 Å². The fourth-order valence-corrected chi connectivity index (χ4v) is 5.44. The van der Waals surface area contributed by atoms with Gasteiger partial charge >= 0.3 is 0 Å². The molecular weight excluding hydrogens is 530 g/mol. The molecule has 0 heterocycles. The minimum atomic E-state index is -4.15. The molecule has 0 aromatic heterocycles. The predicted octanol–water partition coefficient (Wildman–Crippen LogP) is 4.15. The van der Waals surface area contributed by atoms with Crippen LogP contribution in [0.4, 0.5) is 5.69 Å². The van der Waals surface area contributed by atoms with Gasteiger partial charge in [0.2, 0.25) is 11.8 Å². The van der Waals surface area contributed by atoms with E-state index in [2.05, 4.69) is 5.32 Å². The summed E-state index contributed by atoms with van der Waals surface area (Å²) in [5.41, 5.74) is 2.04. The van der Waals surface area contributed by atoms with E-state index in [1.165, 1.54) is 24.1 Å². The van der Waals surface area contributed by atoms with Gasteiger partial charge in [0.1, 0.15) is 24.1 Å². The summed E-state index contributed by atoms with van der Waals surface area (Å²) in [6, 6.07) is 19.0. The highest BCUT2D eigenvalue weighted by Gasteiger charge is 2.32. The Balaban J connectivity index is 2.01. The summed E-state index contributed by atoms with van der Waals surface area (Å²) < 4.78 is 39.2. The monoisotopic (exact) mass is 567 g/mol. The lowest BCUT2D eigenvalue weighted by Crippen LogP contribution is -2.52. The number of ether oxygens (including phenoxy) is 2. The lowest BCUT2D eigenvalue weighted by molar-refractivity contribution is -0.139. The van der Waals surface area contributed by atoms with E-state index in [1.54, 1.807) is 74.7 Å². The molecule has 2 amide bonds. The Morgan fingerprint density at radius 2 is 1.35 bits per heavy atom. The molecule has 40 heavy (non-hydrogen) atoms. The van der Waals surface area contributed by atoms with Crippen LogP contribution in [0.25, 0.3) is 0 Å². The molecule has 214 valence electrons. The summed E-state index contributed by atoms with van der Waals surface area (Å²) >= 11 is 0. The SMILES string of the molecule is COc1ccc(CN(C(=O)CN(c2ccc(C)cc2)S(=O)(=O)c2ccc(OC)cc2)[C@@H](C)C(=O)NC(C)C)cc1. The molecule has 0 aliphatic heterocycles. The summed E-state index contributed by atoms with van der Waals surface area (Å²) in [6.45, 7) is 6.78. The number of aryl methyl sites for hydroxylation is 1. The van der Waals surface area contributed by atoms with Gasteiger partial charge in [0.25, 0.3) is 10.0 Å². The molecule has 0 spiro atoms. The van der Waals surface area contributed by atoms with E-state index in [-0.39, 0.29) is 23.4 Å². The van der Waals surface area contributed by atoms with Crippen molar-refractivity contribution in [2.45, 2.75) is 51.2 Å². The largest absolute Gasteiger partial charge is 0.497 e. The van der Waals surface area contributed by atoms with Crippen molar-refractivity contribution in [3.05, 3.63) is 83.9 Å². The molecule has 0 aliphatic carbocycles. The number of rotatable bonds is 12. The van der Waals surface area contributed by atoms with Crippen molar-refractivity contribution < 1.29 is 27.5 Å². The van der Waals surface area contributed by atoms with Crippen LogP contribution in [0.3, 0.4) is 0 Å².